The molecule has 31 heavy (non-hydrogen) atoms. The number of carbonyl (C=O) groups excluding carboxylic acids is 3. The first-order valence-electron chi connectivity index (χ1n) is 10.0. The Labute approximate surface area is 181 Å². The van der Waals surface area contributed by atoms with Crippen molar-refractivity contribution in [2.75, 3.05) is 13.6 Å². The molecule has 1 unspecified atom stereocenters. The molecule has 0 saturated heterocycles. The van der Waals surface area contributed by atoms with Gasteiger partial charge in [-0.2, -0.15) is 0 Å². The van der Waals surface area contributed by atoms with E-state index >= 15 is 0 Å². The van der Waals surface area contributed by atoms with Gasteiger partial charge >= 0.3 is 0 Å². The largest absolute Gasteiger partial charge is 0.361 e. The molecule has 1 heterocycles. The number of nitrogens with zero attached hydrogens (tertiary/aromatic N) is 1. The first-order valence-corrected chi connectivity index (χ1v) is 10.0. The summed E-state index contributed by atoms with van der Waals surface area (Å²) in [6.07, 6.45) is 5.63. The van der Waals surface area contributed by atoms with Crippen LogP contribution in [0.5, 0.6) is 0 Å². The summed E-state index contributed by atoms with van der Waals surface area (Å²) in [5.74, 6) is -0.946. The number of nitrogens with one attached hydrogen (secondary N) is 3. The molecule has 7 nitrogen and oxygen atoms in total. The van der Waals surface area contributed by atoms with E-state index in [-0.39, 0.29) is 24.3 Å². The number of para-hydroxylation sites is 1. The van der Waals surface area contributed by atoms with E-state index in [0.29, 0.717) is 6.42 Å². The molecule has 0 radical (unpaired) electrons. The number of hydrogen-bond acceptors (Lipinski definition) is 3. The fourth-order valence-electron chi connectivity index (χ4n) is 3.28. The highest BCUT2D eigenvalue weighted by molar-refractivity contribution is 5.92. The molecule has 0 spiro atoms. The first-order chi connectivity index (χ1) is 15.0. The molecule has 0 aliphatic heterocycles. The summed E-state index contributed by atoms with van der Waals surface area (Å²) < 4.78 is 0. The lowest BCUT2D eigenvalue weighted by molar-refractivity contribution is -0.138. The van der Waals surface area contributed by atoms with Gasteiger partial charge in [0, 0.05) is 49.3 Å². The second-order valence-electron chi connectivity index (χ2n) is 7.25. The van der Waals surface area contributed by atoms with Crippen molar-refractivity contribution in [1.29, 1.82) is 0 Å². The van der Waals surface area contributed by atoms with Gasteiger partial charge < -0.3 is 20.5 Å². The summed E-state index contributed by atoms with van der Waals surface area (Å²) in [5, 5.41) is 6.33. The third-order valence-electron chi connectivity index (χ3n) is 5.03. The van der Waals surface area contributed by atoms with Crippen LogP contribution in [-0.2, 0) is 20.8 Å². The Bertz CT molecular complexity index is 1090. The van der Waals surface area contributed by atoms with E-state index < -0.39 is 6.04 Å². The quantitative estimate of drug-likeness (QED) is 0.525. The van der Waals surface area contributed by atoms with Crippen LogP contribution in [0.15, 0.2) is 67.0 Å². The van der Waals surface area contributed by atoms with Gasteiger partial charge in [0.05, 0.1) is 6.54 Å². The van der Waals surface area contributed by atoms with Crippen molar-refractivity contribution in [2.45, 2.75) is 19.4 Å². The number of fused-ring (bicyclic) bond motifs is 1. The molecular weight excluding hydrogens is 392 g/mol. The lowest BCUT2D eigenvalue weighted by Gasteiger charge is -2.27. The number of carbonyl (C=O) groups is 3. The first kappa shape index (κ1) is 21.8. The van der Waals surface area contributed by atoms with Gasteiger partial charge in [-0.05, 0) is 17.7 Å². The molecule has 160 valence electrons. The van der Waals surface area contributed by atoms with Crippen molar-refractivity contribution in [3.05, 3.63) is 78.1 Å². The van der Waals surface area contributed by atoms with E-state index in [0.717, 1.165) is 22.0 Å². The third-order valence-corrected chi connectivity index (χ3v) is 5.03. The Hall–Kier alpha value is -3.87. The zero-order chi connectivity index (χ0) is 22.2. The summed E-state index contributed by atoms with van der Waals surface area (Å²) in [4.78, 5) is 41.2. The van der Waals surface area contributed by atoms with E-state index in [1.54, 1.807) is 13.2 Å². The van der Waals surface area contributed by atoms with Crippen LogP contribution >= 0.6 is 0 Å². The standard InChI is InChI=1S/C24H26N4O3/c1-17(29)26-16-23(30)28(2)22(14-18-8-4-3-5-9-18)24(31)25-13-12-19-15-27-21-11-7-6-10-20(19)21/h3-13,15,22,27H,14,16H2,1-2H3,(H,25,31)(H,26,29). The van der Waals surface area contributed by atoms with Gasteiger partial charge in [-0.3, -0.25) is 14.4 Å². The lowest BCUT2D eigenvalue weighted by Crippen LogP contribution is -2.50. The SMILES string of the molecule is CC(=O)NCC(=O)N(C)C(Cc1ccccc1)C(=O)NC=Cc1c[nH]c2ccccc12. The number of likely N-dealkylation sites (N-methyl/N-ethyl adjacent to an activating group) is 1. The van der Waals surface area contributed by atoms with E-state index in [1.165, 1.54) is 11.8 Å². The monoisotopic (exact) mass is 418 g/mol. The average Bonchev–Trinajstić information content (AvgIpc) is 3.19. The van der Waals surface area contributed by atoms with Crippen LogP contribution in [0.2, 0.25) is 0 Å². The fourth-order valence-corrected chi connectivity index (χ4v) is 3.28. The average molecular weight is 418 g/mol. The minimum atomic E-state index is -0.726. The lowest BCUT2D eigenvalue weighted by atomic mass is 10.0. The Kier molecular flexibility index (Phi) is 7.22. The zero-order valence-corrected chi connectivity index (χ0v) is 17.6. The van der Waals surface area contributed by atoms with Crippen molar-refractivity contribution in [3.8, 4) is 0 Å². The second kappa shape index (κ2) is 10.2. The van der Waals surface area contributed by atoms with Gasteiger partial charge in [-0.1, -0.05) is 48.5 Å². The highest BCUT2D eigenvalue weighted by Crippen LogP contribution is 2.18. The predicted molar refractivity (Wildman–Crippen MR) is 121 cm³/mol. The molecule has 2 aromatic carbocycles. The number of H-pyrrole nitrogens is 1. The number of aromatic nitrogens is 1. The maximum Gasteiger partial charge on any atom is 0.247 e. The number of amides is 3. The van der Waals surface area contributed by atoms with E-state index in [4.69, 9.17) is 0 Å². The highest BCUT2D eigenvalue weighted by Gasteiger charge is 2.26. The molecule has 1 atom stereocenters. The van der Waals surface area contributed by atoms with Crippen molar-refractivity contribution in [2.24, 2.45) is 0 Å². The summed E-state index contributed by atoms with van der Waals surface area (Å²) in [6, 6.07) is 16.7. The van der Waals surface area contributed by atoms with Gasteiger partial charge in [0.25, 0.3) is 0 Å². The molecule has 3 amide bonds. The Morgan fingerprint density at radius 2 is 1.77 bits per heavy atom. The minimum Gasteiger partial charge on any atom is -0.361 e. The van der Waals surface area contributed by atoms with E-state index in [9.17, 15) is 14.4 Å². The van der Waals surface area contributed by atoms with Crippen LogP contribution in [0, 0.1) is 0 Å². The maximum absolute atomic E-state index is 13.0. The summed E-state index contributed by atoms with van der Waals surface area (Å²) in [6.45, 7) is 1.19. The van der Waals surface area contributed by atoms with Crippen molar-refractivity contribution >= 4 is 34.7 Å². The molecule has 7 heteroatoms. The molecular formula is C24H26N4O3. The van der Waals surface area contributed by atoms with Crippen LogP contribution in [-0.4, -0.2) is 47.2 Å². The van der Waals surface area contributed by atoms with Gasteiger partial charge in [-0.15, -0.1) is 0 Å². The van der Waals surface area contributed by atoms with E-state index in [2.05, 4.69) is 15.6 Å². The van der Waals surface area contributed by atoms with Crippen molar-refractivity contribution < 1.29 is 14.4 Å². The fraction of sp³-hybridized carbons (Fsp3) is 0.208. The second-order valence-corrected chi connectivity index (χ2v) is 7.25. The smallest absolute Gasteiger partial charge is 0.247 e. The van der Waals surface area contributed by atoms with Crippen LogP contribution in [0.4, 0.5) is 0 Å². The number of rotatable bonds is 8. The number of hydrogen-bond donors (Lipinski definition) is 3. The minimum absolute atomic E-state index is 0.157. The van der Waals surface area contributed by atoms with Crippen molar-refractivity contribution in [3.63, 3.8) is 0 Å². The normalized spacial score (nSPS) is 11.9. The highest BCUT2D eigenvalue weighted by atomic mass is 16.2. The number of benzene rings is 2. The maximum atomic E-state index is 13.0. The van der Waals surface area contributed by atoms with Gasteiger partial charge in [0.1, 0.15) is 6.04 Å². The van der Waals surface area contributed by atoms with Gasteiger partial charge in [0.2, 0.25) is 17.7 Å². The summed E-state index contributed by atoms with van der Waals surface area (Å²) in [5.41, 5.74) is 2.90. The van der Waals surface area contributed by atoms with Gasteiger partial charge in [-0.25, -0.2) is 0 Å². The molecule has 0 saturated carbocycles. The van der Waals surface area contributed by atoms with Crippen LogP contribution in [0.1, 0.15) is 18.1 Å². The molecule has 3 aromatic rings. The van der Waals surface area contributed by atoms with Crippen molar-refractivity contribution in [1.82, 2.24) is 20.5 Å². The molecule has 0 aliphatic rings. The molecule has 3 N–H and O–H groups in total. The van der Waals surface area contributed by atoms with Gasteiger partial charge in [0.15, 0.2) is 0 Å². The summed E-state index contributed by atoms with van der Waals surface area (Å²) >= 11 is 0. The van der Waals surface area contributed by atoms with Crippen LogP contribution in [0.3, 0.4) is 0 Å². The van der Waals surface area contributed by atoms with Crippen LogP contribution < -0.4 is 10.6 Å². The number of aromatic amines is 1. The Balaban J connectivity index is 1.73. The molecule has 0 bridgehead atoms. The Morgan fingerprint density at radius 3 is 2.52 bits per heavy atom. The molecule has 0 aliphatic carbocycles. The summed E-state index contributed by atoms with van der Waals surface area (Å²) in [7, 11) is 1.57. The van der Waals surface area contributed by atoms with E-state index in [1.807, 2.05) is 66.9 Å². The molecule has 3 rings (SSSR count). The third kappa shape index (κ3) is 5.82. The topological polar surface area (TPSA) is 94.3 Å². The predicted octanol–water partition coefficient (Wildman–Crippen LogP) is 2.46. The zero-order valence-electron chi connectivity index (χ0n) is 17.6. The molecule has 1 aromatic heterocycles. The molecule has 0 fully saturated rings. The van der Waals surface area contributed by atoms with Crippen LogP contribution in [0.25, 0.3) is 17.0 Å². The Morgan fingerprint density at radius 1 is 1.06 bits per heavy atom.